The monoisotopic (exact) mass is 286 g/mol. The Morgan fingerprint density at radius 1 is 1.05 bits per heavy atom. The zero-order valence-corrected chi connectivity index (χ0v) is 13.1. The van der Waals surface area contributed by atoms with Crippen LogP contribution in [-0.4, -0.2) is 23.1 Å². The summed E-state index contributed by atoms with van der Waals surface area (Å²) in [5.41, 5.74) is 8.92. The molecule has 21 heavy (non-hydrogen) atoms. The van der Waals surface area contributed by atoms with Crippen molar-refractivity contribution in [2.75, 3.05) is 23.7 Å². The summed E-state index contributed by atoms with van der Waals surface area (Å²) in [6, 6.07) is 6.02. The van der Waals surface area contributed by atoms with E-state index in [4.69, 9.17) is 10.5 Å². The van der Waals surface area contributed by atoms with Gasteiger partial charge in [-0.3, -0.25) is 0 Å². The molecule has 0 unspecified atom stereocenters. The van der Waals surface area contributed by atoms with Gasteiger partial charge in [0.15, 0.2) is 5.82 Å². The minimum atomic E-state index is 0.400. The van der Waals surface area contributed by atoms with Gasteiger partial charge in [-0.1, -0.05) is 6.07 Å². The number of aryl methyl sites for hydroxylation is 2. The molecule has 2 rings (SSSR count). The minimum Gasteiger partial charge on any atom is -0.437 e. The van der Waals surface area contributed by atoms with Gasteiger partial charge in [0.1, 0.15) is 17.8 Å². The summed E-state index contributed by atoms with van der Waals surface area (Å²) in [6.07, 6.45) is 1.49. The van der Waals surface area contributed by atoms with Crippen LogP contribution in [0.1, 0.15) is 25.0 Å². The summed E-state index contributed by atoms with van der Waals surface area (Å²) in [5.74, 6) is 1.86. The van der Waals surface area contributed by atoms with E-state index in [1.165, 1.54) is 6.33 Å². The first-order valence-corrected chi connectivity index (χ1v) is 7.16. The predicted molar refractivity (Wildman–Crippen MR) is 86.0 cm³/mol. The molecule has 1 heterocycles. The number of hydrogen-bond acceptors (Lipinski definition) is 5. The molecular formula is C16H22N4O. The molecule has 0 atom stereocenters. The average Bonchev–Trinajstić information content (AvgIpc) is 2.43. The number of aromatic nitrogens is 2. The van der Waals surface area contributed by atoms with E-state index >= 15 is 0 Å². The first-order chi connectivity index (χ1) is 10.0. The highest BCUT2D eigenvalue weighted by atomic mass is 16.5. The maximum Gasteiger partial charge on any atom is 0.248 e. The zero-order chi connectivity index (χ0) is 15.4. The van der Waals surface area contributed by atoms with Gasteiger partial charge in [0.25, 0.3) is 0 Å². The van der Waals surface area contributed by atoms with Crippen LogP contribution in [0.3, 0.4) is 0 Å². The van der Waals surface area contributed by atoms with Gasteiger partial charge in [0, 0.05) is 13.1 Å². The molecule has 0 saturated heterocycles. The van der Waals surface area contributed by atoms with E-state index in [2.05, 4.69) is 34.8 Å². The van der Waals surface area contributed by atoms with Gasteiger partial charge in [0.2, 0.25) is 5.88 Å². The quantitative estimate of drug-likeness (QED) is 0.913. The van der Waals surface area contributed by atoms with E-state index < -0.39 is 0 Å². The first kappa shape index (κ1) is 15.1. The Bertz CT molecular complexity index is 603. The molecule has 112 valence electrons. The van der Waals surface area contributed by atoms with Crippen LogP contribution in [0.15, 0.2) is 24.5 Å². The molecule has 0 saturated carbocycles. The molecule has 0 amide bonds. The van der Waals surface area contributed by atoms with Crippen molar-refractivity contribution in [1.29, 1.82) is 0 Å². The van der Waals surface area contributed by atoms with Crippen molar-refractivity contribution in [3.63, 3.8) is 0 Å². The summed E-state index contributed by atoms with van der Waals surface area (Å²) < 4.78 is 5.85. The Morgan fingerprint density at radius 2 is 1.67 bits per heavy atom. The van der Waals surface area contributed by atoms with Gasteiger partial charge in [0.05, 0.1) is 0 Å². The number of hydrogen-bond donors (Lipinski definition) is 1. The van der Waals surface area contributed by atoms with Crippen molar-refractivity contribution in [2.45, 2.75) is 27.7 Å². The van der Waals surface area contributed by atoms with Crippen molar-refractivity contribution in [3.8, 4) is 11.6 Å². The third kappa shape index (κ3) is 3.42. The van der Waals surface area contributed by atoms with Crippen molar-refractivity contribution < 1.29 is 4.74 Å². The highest BCUT2D eigenvalue weighted by molar-refractivity contribution is 5.68. The topological polar surface area (TPSA) is 64.3 Å². The van der Waals surface area contributed by atoms with Gasteiger partial charge in [-0.15, -0.1) is 0 Å². The lowest BCUT2D eigenvalue weighted by Gasteiger charge is -2.21. The van der Waals surface area contributed by atoms with Crippen molar-refractivity contribution in [2.24, 2.45) is 0 Å². The second kappa shape index (κ2) is 6.43. The summed E-state index contributed by atoms with van der Waals surface area (Å²) in [7, 11) is 0. The van der Waals surface area contributed by atoms with Crippen LogP contribution in [0.4, 0.5) is 11.5 Å². The fourth-order valence-corrected chi connectivity index (χ4v) is 2.33. The molecule has 0 aliphatic carbocycles. The van der Waals surface area contributed by atoms with Gasteiger partial charge < -0.3 is 15.4 Å². The Kier molecular flexibility index (Phi) is 4.62. The average molecular weight is 286 g/mol. The molecule has 2 aromatic rings. The highest BCUT2D eigenvalue weighted by Gasteiger charge is 2.14. The SMILES string of the molecule is CCN(CC)c1ncnc(Oc2cc(C)cc(C)c2)c1N. The lowest BCUT2D eigenvalue weighted by atomic mass is 10.1. The number of benzene rings is 1. The number of nitrogens with two attached hydrogens (primary N) is 1. The van der Waals surface area contributed by atoms with Crippen LogP contribution in [0, 0.1) is 13.8 Å². The number of rotatable bonds is 5. The number of nitrogen functional groups attached to an aromatic ring is 1. The van der Waals surface area contributed by atoms with Gasteiger partial charge in [-0.2, -0.15) is 4.98 Å². The van der Waals surface area contributed by atoms with E-state index in [1.807, 2.05) is 26.0 Å². The zero-order valence-electron chi connectivity index (χ0n) is 13.1. The van der Waals surface area contributed by atoms with Gasteiger partial charge in [-0.25, -0.2) is 4.98 Å². The van der Waals surface area contributed by atoms with E-state index in [0.717, 1.165) is 35.8 Å². The molecule has 5 nitrogen and oxygen atoms in total. The van der Waals surface area contributed by atoms with Crippen molar-refractivity contribution in [3.05, 3.63) is 35.7 Å². The largest absolute Gasteiger partial charge is 0.437 e. The molecule has 2 N–H and O–H groups in total. The van der Waals surface area contributed by atoms with Crippen LogP contribution in [0.5, 0.6) is 11.6 Å². The third-order valence-electron chi connectivity index (χ3n) is 3.30. The fourth-order valence-electron chi connectivity index (χ4n) is 2.33. The lowest BCUT2D eigenvalue weighted by Crippen LogP contribution is -2.24. The molecule has 0 radical (unpaired) electrons. The summed E-state index contributed by atoms with van der Waals surface area (Å²) in [5, 5.41) is 0. The molecule has 5 heteroatoms. The normalized spacial score (nSPS) is 10.5. The van der Waals surface area contributed by atoms with Gasteiger partial charge >= 0.3 is 0 Å². The van der Waals surface area contributed by atoms with Crippen LogP contribution >= 0.6 is 0 Å². The Morgan fingerprint density at radius 3 is 2.24 bits per heavy atom. The molecule has 0 aliphatic rings. The number of ether oxygens (including phenoxy) is 1. The van der Waals surface area contributed by atoms with E-state index in [1.54, 1.807) is 0 Å². The second-order valence-corrected chi connectivity index (χ2v) is 5.01. The molecular weight excluding hydrogens is 264 g/mol. The Hall–Kier alpha value is -2.30. The molecule has 1 aromatic heterocycles. The maximum atomic E-state index is 6.17. The highest BCUT2D eigenvalue weighted by Crippen LogP contribution is 2.31. The van der Waals surface area contributed by atoms with Crippen LogP contribution in [0.2, 0.25) is 0 Å². The summed E-state index contributed by atoms with van der Waals surface area (Å²) >= 11 is 0. The van der Waals surface area contributed by atoms with Gasteiger partial charge in [-0.05, 0) is 51.0 Å². The number of anilines is 2. The fraction of sp³-hybridized carbons (Fsp3) is 0.375. The van der Waals surface area contributed by atoms with E-state index in [-0.39, 0.29) is 0 Å². The lowest BCUT2D eigenvalue weighted by molar-refractivity contribution is 0.463. The summed E-state index contributed by atoms with van der Waals surface area (Å²) in [4.78, 5) is 10.5. The van der Waals surface area contributed by atoms with Crippen molar-refractivity contribution in [1.82, 2.24) is 9.97 Å². The third-order valence-corrected chi connectivity index (χ3v) is 3.30. The molecule has 1 aromatic carbocycles. The molecule has 0 aliphatic heterocycles. The predicted octanol–water partition coefficient (Wildman–Crippen LogP) is 3.31. The molecule has 0 bridgehead atoms. The summed E-state index contributed by atoms with van der Waals surface area (Å²) in [6.45, 7) is 9.86. The smallest absolute Gasteiger partial charge is 0.248 e. The number of nitrogens with zero attached hydrogens (tertiary/aromatic N) is 3. The van der Waals surface area contributed by atoms with Crippen LogP contribution in [-0.2, 0) is 0 Å². The standard InChI is InChI=1S/C16H22N4O/c1-5-20(6-2)15-14(17)16(19-10-18-15)21-13-8-11(3)7-12(4)9-13/h7-10H,5-6,17H2,1-4H3. The van der Waals surface area contributed by atoms with Crippen molar-refractivity contribution >= 4 is 11.5 Å². The van der Waals surface area contributed by atoms with E-state index in [0.29, 0.717) is 11.6 Å². The Labute approximate surface area is 125 Å². The molecule has 0 fully saturated rings. The molecule has 0 spiro atoms. The first-order valence-electron chi connectivity index (χ1n) is 7.16. The Balaban J connectivity index is 2.34. The second-order valence-electron chi connectivity index (χ2n) is 5.01. The maximum absolute atomic E-state index is 6.17. The minimum absolute atomic E-state index is 0.400. The van der Waals surface area contributed by atoms with Crippen LogP contribution in [0.25, 0.3) is 0 Å². The van der Waals surface area contributed by atoms with E-state index in [9.17, 15) is 0 Å². The van der Waals surface area contributed by atoms with Crippen LogP contribution < -0.4 is 15.4 Å².